The average molecular weight is 511 g/mol. The molecule has 4 heterocycles. The van der Waals surface area contributed by atoms with Crippen LogP contribution in [-0.2, 0) is 6.18 Å². The number of benzene rings is 1. The molecule has 37 heavy (non-hydrogen) atoms. The van der Waals surface area contributed by atoms with Gasteiger partial charge in [0.25, 0.3) is 0 Å². The van der Waals surface area contributed by atoms with E-state index in [1.165, 1.54) is 32.6 Å². The summed E-state index contributed by atoms with van der Waals surface area (Å²) in [5.41, 5.74) is 4.66. The zero-order valence-electron chi connectivity index (χ0n) is 20.2. The van der Waals surface area contributed by atoms with Crippen molar-refractivity contribution < 1.29 is 17.6 Å². The van der Waals surface area contributed by atoms with Crippen LogP contribution in [0.15, 0.2) is 42.6 Å². The number of aromatic nitrogens is 4. The second-order valence-electron chi connectivity index (χ2n) is 10.0. The number of nitrogens with zero attached hydrogens (tertiary/aromatic N) is 4. The van der Waals surface area contributed by atoms with Crippen LogP contribution in [0.3, 0.4) is 0 Å². The van der Waals surface area contributed by atoms with E-state index < -0.39 is 28.8 Å². The first-order valence-electron chi connectivity index (χ1n) is 12.4. The van der Waals surface area contributed by atoms with Crippen molar-refractivity contribution in [2.75, 3.05) is 18.8 Å². The molecule has 0 spiro atoms. The van der Waals surface area contributed by atoms with Gasteiger partial charge in [-0.3, -0.25) is 4.68 Å². The molecule has 2 atom stereocenters. The number of nitrogen functional groups attached to an aromatic ring is 1. The van der Waals surface area contributed by atoms with Gasteiger partial charge in [-0.1, -0.05) is 30.3 Å². The number of nitrogens with two attached hydrogens (primary N) is 1. The van der Waals surface area contributed by atoms with Crippen LogP contribution in [0.2, 0.25) is 0 Å². The van der Waals surface area contributed by atoms with Gasteiger partial charge in [-0.15, -0.1) is 0 Å². The molecule has 10 heteroatoms. The lowest BCUT2D eigenvalue weighted by Crippen LogP contribution is -2.13. The smallest absolute Gasteiger partial charge is 0.384 e. The van der Waals surface area contributed by atoms with Gasteiger partial charge in [0, 0.05) is 16.5 Å². The maximum absolute atomic E-state index is 15.8. The molecule has 2 unspecified atom stereocenters. The fourth-order valence-electron chi connectivity index (χ4n) is 5.18. The number of hydrogen-bond donors (Lipinski definition) is 2. The largest absolute Gasteiger partial charge is 0.418 e. The van der Waals surface area contributed by atoms with E-state index in [1.807, 2.05) is 6.07 Å². The zero-order valence-corrected chi connectivity index (χ0v) is 20.2. The summed E-state index contributed by atoms with van der Waals surface area (Å²) in [6, 6.07) is 9.98. The third-order valence-corrected chi connectivity index (χ3v) is 7.27. The Morgan fingerprint density at radius 2 is 1.73 bits per heavy atom. The number of hydrogen-bond acceptors (Lipinski definition) is 5. The van der Waals surface area contributed by atoms with Crippen LogP contribution in [0.4, 0.5) is 23.4 Å². The van der Waals surface area contributed by atoms with Crippen LogP contribution >= 0.6 is 0 Å². The summed E-state index contributed by atoms with van der Waals surface area (Å²) in [7, 11) is 0. The molecule has 7 rings (SSSR count). The van der Waals surface area contributed by atoms with Gasteiger partial charge >= 0.3 is 6.18 Å². The Balaban J connectivity index is 0.000000364. The Morgan fingerprint density at radius 3 is 2.30 bits per heavy atom. The molecule has 3 aromatic heterocycles. The van der Waals surface area contributed by atoms with E-state index in [-0.39, 0.29) is 23.1 Å². The normalized spacial score (nSPS) is 20.5. The van der Waals surface area contributed by atoms with Gasteiger partial charge in [0.05, 0.1) is 29.2 Å². The number of alkyl halides is 3. The maximum atomic E-state index is 15.8. The van der Waals surface area contributed by atoms with E-state index in [9.17, 15) is 13.2 Å². The minimum atomic E-state index is -4.76. The number of rotatable bonds is 3. The summed E-state index contributed by atoms with van der Waals surface area (Å²) in [6.45, 7) is 3.82. The maximum Gasteiger partial charge on any atom is 0.418 e. The van der Waals surface area contributed by atoms with Gasteiger partial charge in [-0.25, -0.2) is 14.4 Å². The predicted molar refractivity (Wildman–Crippen MR) is 133 cm³/mol. The molecular weight excluding hydrogens is 484 g/mol. The van der Waals surface area contributed by atoms with Crippen LogP contribution < -0.4 is 11.1 Å². The lowest BCUT2D eigenvalue weighted by Gasteiger charge is -2.17. The second kappa shape index (κ2) is 8.79. The Kier molecular flexibility index (Phi) is 5.67. The van der Waals surface area contributed by atoms with Gasteiger partial charge in [0.15, 0.2) is 5.82 Å². The van der Waals surface area contributed by atoms with Crippen molar-refractivity contribution in [2.45, 2.75) is 38.4 Å². The lowest BCUT2D eigenvalue weighted by atomic mass is 9.99. The Morgan fingerprint density at radius 1 is 1.03 bits per heavy atom. The van der Waals surface area contributed by atoms with Crippen molar-refractivity contribution in [3.8, 4) is 22.5 Å². The van der Waals surface area contributed by atoms with Crippen LogP contribution in [0.1, 0.15) is 36.6 Å². The van der Waals surface area contributed by atoms with Gasteiger partial charge in [-0.05, 0) is 57.2 Å². The highest BCUT2D eigenvalue weighted by atomic mass is 19.4. The number of anilines is 1. The van der Waals surface area contributed by atoms with Gasteiger partial charge < -0.3 is 11.1 Å². The zero-order chi connectivity index (χ0) is 25.9. The molecular formula is C27H26F4N6. The summed E-state index contributed by atoms with van der Waals surface area (Å²) >= 11 is 0. The molecule has 3 fully saturated rings. The first-order chi connectivity index (χ1) is 17.7. The van der Waals surface area contributed by atoms with E-state index in [0.717, 1.165) is 30.7 Å². The van der Waals surface area contributed by atoms with Crippen LogP contribution in [0.5, 0.6) is 0 Å². The van der Waals surface area contributed by atoms with E-state index in [4.69, 9.17) is 5.73 Å². The highest BCUT2D eigenvalue weighted by molar-refractivity contribution is 5.96. The molecule has 0 amide bonds. The van der Waals surface area contributed by atoms with Crippen molar-refractivity contribution in [3.05, 3.63) is 59.7 Å². The fraction of sp³-hybridized carbons (Fsp3) is 0.370. The lowest BCUT2D eigenvalue weighted by molar-refractivity contribution is -0.137. The first kappa shape index (κ1) is 23.8. The average Bonchev–Trinajstić information content (AvgIpc) is 3.76. The van der Waals surface area contributed by atoms with Crippen LogP contribution in [0, 0.1) is 24.6 Å². The van der Waals surface area contributed by atoms with Gasteiger partial charge in [0.2, 0.25) is 0 Å². The van der Waals surface area contributed by atoms with Crippen LogP contribution in [0.25, 0.3) is 33.4 Å². The molecule has 4 aromatic rings. The van der Waals surface area contributed by atoms with E-state index in [0.29, 0.717) is 16.6 Å². The Bertz CT molecular complexity index is 1470. The number of piperidine rings is 1. The number of fused-ring (bicyclic) bond motifs is 2. The molecule has 1 aliphatic heterocycles. The fourth-order valence-corrected chi connectivity index (χ4v) is 5.18. The molecule has 0 radical (unpaired) electrons. The monoisotopic (exact) mass is 510 g/mol. The SMILES string of the molecule is C1NCC2CC12.Cc1nc(N)cc(-c2nc(-c3ccccc3)c3cnn(C4CC4)c3c2F)c1C(F)(F)F. The van der Waals surface area contributed by atoms with E-state index >= 15 is 4.39 Å². The highest BCUT2D eigenvalue weighted by Gasteiger charge is 2.40. The molecule has 192 valence electrons. The molecule has 1 aromatic carbocycles. The van der Waals surface area contributed by atoms with Crippen molar-refractivity contribution in [3.63, 3.8) is 0 Å². The highest BCUT2D eigenvalue weighted by Crippen LogP contribution is 2.44. The topological polar surface area (TPSA) is 81.7 Å². The second-order valence-corrected chi connectivity index (χ2v) is 10.0. The molecule has 2 saturated carbocycles. The van der Waals surface area contributed by atoms with Crippen molar-refractivity contribution >= 4 is 16.7 Å². The molecule has 3 aliphatic rings. The summed E-state index contributed by atoms with van der Waals surface area (Å²) in [5.74, 6) is 1.21. The molecule has 2 aliphatic carbocycles. The van der Waals surface area contributed by atoms with Gasteiger partial charge in [-0.2, -0.15) is 18.3 Å². The molecule has 3 N–H and O–H groups in total. The number of pyridine rings is 2. The summed E-state index contributed by atoms with van der Waals surface area (Å²) < 4.78 is 59.1. The van der Waals surface area contributed by atoms with Crippen LogP contribution in [-0.4, -0.2) is 32.8 Å². The number of halogens is 4. The first-order valence-corrected chi connectivity index (χ1v) is 12.4. The minimum Gasteiger partial charge on any atom is -0.384 e. The third kappa shape index (κ3) is 4.43. The Labute approximate surface area is 210 Å². The summed E-state index contributed by atoms with van der Waals surface area (Å²) in [4.78, 5) is 8.11. The summed E-state index contributed by atoms with van der Waals surface area (Å²) in [5, 5.41) is 8.10. The molecule has 6 nitrogen and oxygen atoms in total. The van der Waals surface area contributed by atoms with Gasteiger partial charge in [0.1, 0.15) is 17.0 Å². The van der Waals surface area contributed by atoms with E-state index in [2.05, 4.69) is 20.4 Å². The molecule has 1 saturated heterocycles. The number of aryl methyl sites for hydroxylation is 1. The van der Waals surface area contributed by atoms with E-state index in [1.54, 1.807) is 28.9 Å². The minimum absolute atomic E-state index is 0.0252. The van der Waals surface area contributed by atoms with Crippen molar-refractivity contribution in [1.82, 2.24) is 25.1 Å². The standard InChI is InChI=1S/C22H17F4N5.C5H9N/c1-11-17(22(24,25)26)14(9-16(27)29-11)20-18(23)21-15(10-28-31(21)13-7-8-13)19(30-20)12-5-3-2-4-6-12;1-4-2-6-3-5(1)4/h2-6,9-10,13H,7-8H2,1H3,(H2,27,29);4-6H,1-3H2. The predicted octanol–water partition coefficient (Wildman–Crippen LogP) is 5.77. The quantitative estimate of drug-likeness (QED) is 0.342. The van der Waals surface area contributed by atoms with Crippen molar-refractivity contribution in [2.24, 2.45) is 11.8 Å². The van der Waals surface area contributed by atoms with Crippen molar-refractivity contribution in [1.29, 1.82) is 0 Å². The Hall–Kier alpha value is -3.53. The number of nitrogens with one attached hydrogen (secondary N) is 1. The third-order valence-electron chi connectivity index (χ3n) is 7.27. The summed E-state index contributed by atoms with van der Waals surface area (Å²) in [6.07, 6.45) is -0.0418. The molecule has 0 bridgehead atoms.